The van der Waals surface area contributed by atoms with Gasteiger partial charge in [-0.1, -0.05) is 60.7 Å². The Morgan fingerprint density at radius 1 is 0.920 bits per heavy atom. The van der Waals surface area contributed by atoms with Gasteiger partial charge in [-0.3, -0.25) is 0 Å². The molecule has 3 rings (SSSR count). The molecule has 1 aliphatic heterocycles. The van der Waals surface area contributed by atoms with Crippen LogP contribution < -0.4 is 0 Å². The van der Waals surface area contributed by atoms with Gasteiger partial charge in [0, 0.05) is 6.54 Å². The maximum absolute atomic E-state index is 12.7. The lowest BCUT2D eigenvalue weighted by Gasteiger charge is -2.25. The van der Waals surface area contributed by atoms with E-state index in [9.17, 15) is 19.8 Å². The number of aliphatic hydroxyl groups excluding tert-OH is 1. The number of nitrogens with zero attached hydrogens (tertiary/aromatic N) is 2. The molecular weight excluding hydrogens is 320 g/mol. The Balaban J connectivity index is 1.89. The molecule has 2 aromatic rings. The van der Waals surface area contributed by atoms with Gasteiger partial charge >= 0.3 is 12.1 Å². The second-order valence-electron chi connectivity index (χ2n) is 6.06. The highest BCUT2D eigenvalue weighted by Crippen LogP contribution is 2.28. The third-order valence-corrected chi connectivity index (χ3v) is 4.50. The summed E-state index contributed by atoms with van der Waals surface area (Å²) in [6.45, 7) is -0.0280. The van der Waals surface area contributed by atoms with Crippen LogP contribution in [-0.2, 0) is 13.0 Å². The highest BCUT2D eigenvalue weighted by atomic mass is 16.4. The number of carboxylic acid groups (broad SMARTS) is 1. The van der Waals surface area contributed by atoms with Gasteiger partial charge in [-0.05, 0) is 17.5 Å². The Hall–Kier alpha value is -2.86. The van der Waals surface area contributed by atoms with Gasteiger partial charge < -0.3 is 15.1 Å². The molecule has 0 spiro atoms. The number of carbonyl (C=O) groups excluding carboxylic acids is 1. The summed E-state index contributed by atoms with van der Waals surface area (Å²) >= 11 is 0. The average molecular weight is 340 g/mol. The summed E-state index contributed by atoms with van der Waals surface area (Å²) in [6.07, 6.45) is -0.921. The van der Waals surface area contributed by atoms with E-state index >= 15 is 0 Å². The molecule has 0 saturated carbocycles. The van der Waals surface area contributed by atoms with E-state index in [1.54, 1.807) is 0 Å². The van der Waals surface area contributed by atoms with Gasteiger partial charge in [0.05, 0.1) is 18.7 Å². The van der Waals surface area contributed by atoms with Crippen molar-refractivity contribution in [2.24, 2.45) is 0 Å². The third kappa shape index (κ3) is 3.49. The molecule has 1 fully saturated rings. The van der Waals surface area contributed by atoms with Crippen molar-refractivity contribution < 1.29 is 19.8 Å². The third-order valence-electron chi connectivity index (χ3n) is 4.50. The van der Waals surface area contributed by atoms with Crippen LogP contribution in [0.3, 0.4) is 0 Å². The smallest absolute Gasteiger partial charge is 0.415 e. The zero-order valence-electron chi connectivity index (χ0n) is 13.7. The number of carbonyl (C=O) groups is 2. The first-order valence-electron chi connectivity index (χ1n) is 8.13. The van der Waals surface area contributed by atoms with Gasteiger partial charge in [0.15, 0.2) is 0 Å². The molecule has 2 atom stereocenters. The van der Waals surface area contributed by atoms with E-state index in [-0.39, 0.29) is 13.2 Å². The van der Waals surface area contributed by atoms with E-state index in [0.717, 1.165) is 16.0 Å². The Morgan fingerprint density at radius 2 is 1.48 bits per heavy atom. The van der Waals surface area contributed by atoms with Crippen LogP contribution >= 0.6 is 0 Å². The number of amides is 3. The number of urea groups is 1. The summed E-state index contributed by atoms with van der Waals surface area (Å²) < 4.78 is 0. The fourth-order valence-electron chi connectivity index (χ4n) is 3.29. The summed E-state index contributed by atoms with van der Waals surface area (Å²) in [5.74, 6) is 0. The Morgan fingerprint density at radius 3 is 2.00 bits per heavy atom. The van der Waals surface area contributed by atoms with Crippen LogP contribution in [0, 0.1) is 0 Å². The molecule has 1 heterocycles. The lowest BCUT2D eigenvalue weighted by Crippen LogP contribution is -2.43. The maximum atomic E-state index is 12.7. The Bertz CT molecular complexity index is 736. The van der Waals surface area contributed by atoms with E-state index in [1.807, 2.05) is 60.7 Å². The van der Waals surface area contributed by atoms with Crippen LogP contribution in [-0.4, -0.2) is 50.8 Å². The lowest BCUT2D eigenvalue weighted by atomic mass is 9.99. The molecule has 3 amide bonds. The number of aliphatic hydroxyl groups is 1. The quantitative estimate of drug-likeness (QED) is 0.876. The van der Waals surface area contributed by atoms with E-state index in [4.69, 9.17) is 0 Å². The number of imide groups is 1. The van der Waals surface area contributed by atoms with Gasteiger partial charge in [-0.15, -0.1) is 0 Å². The molecule has 0 aromatic heterocycles. The van der Waals surface area contributed by atoms with Gasteiger partial charge in [0.2, 0.25) is 0 Å². The normalized spacial score (nSPS) is 20.1. The van der Waals surface area contributed by atoms with Gasteiger partial charge in [-0.2, -0.15) is 0 Å². The summed E-state index contributed by atoms with van der Waals surface area (Å²) in [5.41, 5.74) is 1.81. The Labute approximate surface area is 145 Å². The zero-order chi connectivity index (χ0) is 17.8. The monoisotopic (exact) mass is 340 g/mol. The predicted molar refractivity (Wildman–Crippen MR) is 92.1 cm³/mol. The highest BCUT2D eigenvalue weighted by Gasteiger charge is 2.48. The van der Waals surface area contributed by atoms with E-state index in [1.165, 1.54) is 4.90 Å². The van der Waals surface area contributed by atoms with Gasteiger partial charge in [0.25, 0.3) is 0 Å². The standard InChI is InChI=1S/C19H20N2O4/c22-13-17-16(11-14-7-3-1-4-8-14)21(19(24)25)18(23)20(17)12-15-9-5-2-6-10-15/h1-10,16-17,22H,11-13H2,(H,24,25). The van der Waals surface area contributed by atoms with Crippen LogP contribution in [0.4, 0.5) is 9.59 Å². The molecule has 25 heavy (non-hydrogen) atoms. The van der Waals surface area contributed by atoms with Crippen LogP contribution in [0.2, 0.25) is 0 Å². The van der Waals surface area contributed by atoms with Crippen LogP contribution in [0.1, 0.15) is 11.1 Å². The van der Waals surface area contributed by atoms with Gasteiger partial charge in [0.1, 0.15) is 0 Å². The SMILES string of the molecule is O=C(O)N1C(=O)N(Cc2ccccc2)C(CO)C1Cc1ccccc1. The molecule has 130 valence electrons. The van der Waals surface area contributed by atoms with Crippen molar-refractivity contribution in [2.75, 3.05) is 6.61 Å². The maximum Gasteiger partial charge on any atom is 0.415 e. The highest BCUT2D eigenvalue weighted by molar-refractivity contribution is 5.92. The molecule has 2 unspecified atom stereocenters. The number of hydrogen-bond acceptors (Lipinski definition) is 3. The summed E-state index contributed by atoms with van der Waals surface area (Å²) in [6, 6.07) is 16.9. The minimum absolute atomic E-state index is 0.264. The molecule has 0 bridgehead atoms. The Kier molecular flexibility index (Phi) is 5.00. The fraction of sp³-hybridized carbons (Fsp3) is 0.263. The molecular formula is C19H20N2O4. The van der Waals surface area contributed by atoms with Gasteiger partial charge in [-0.25, -0.2) is 14.5 Å². The van der Waals surface area contributed by atoms with E-state index in [2.05, 4.69) is 0 Å². The largest absolute Gasteiger partial charge is 0.465 e. The first-order valence-corrected chi connectivity index (χ1v) is 8.13. The van der Waals surface area contributed by atoms with Crippen molar-refractivity contribution in [2.45, 2.75) is 25.0 Å². The number of hydrogen-bond donors (Lipinski definition) is 2. The van der Waals surface area contributed by atoms with E-state index in [0.29, 0.717) is 6.42 Å². The van der Waals surface area contributed by atoms with Crippen LogP contribution in [0.25, 0.3) is 0 Å². The minimum Gasteiger partial charge on any atom is -0.465 e. The minimum atomic E-state index is -1.29. The molecule has 6 nitrogen and oxygen atoms in total. The van der Waals surface area contributed by atoms with Crippen molar-refractivity contribution in [1.29, 1.82) is 0 Å². The van der Waals surface area contributed by atoms with Crippen molar-refractivity contribution in [3.8, 4) is 0 Å². The second-order valence-corrected chi connectivity index (χ2v) is 6.06. The van der Waals surface area contributed by atoms with Crippen molar-refractivity contribution in [1.82, 2.24) is 9.80 Å². The molecule has 2 aromatic carbocycles. The fourth-order valence-corrected chi connectivity index (χ4v) is 3.29. The molecule has 0 aliphatic carbocycles. The number of rotatable bonds is 5. The van der Waals surface area contributed by atoms with Crippen molar-refractivity contribution in [3.63, 3.8) is 0 Å². The topological polar surface area (TPSA) is 81.1 Å². The van der Waals surface area contributed by atoms with E-state index < -0.39 is 24.2 Å². The second kappa shape index (κ2) is 7.36. The predicted octanol–water partition coefficient (Wildman–Crippen LogP) is 2.57. The lowest BCUT2D eigenvalue weighted by molar-refractivity contribution is 0.137. The molecule has 1 saturated heterocycles. The molecule has 1 aliphatic rings. The first kappa shape index (κ1) is 17.0. The van der Waals surface area contributed by atoms with Crippen LogP contribution in [0.5, 0.6) is 0 Å². The summed E-state index contributed by atoms with van der Waals surface area (Å²) in [4.78, 5) is 26.6. The molecule has 2 N–H and O–H groups in total. The summed E-state index contributed by atoms with van der Waals surface area (Å²) in [7, 11) is 0. The van der Waals surface area contributed by atoms with Crippen molar-refractivity contribution >= 4 is 12.1 Å². The average Bonchev–Trinajstić information content (AvgIpc) is 2.88. The number of benzene rings is 2. The zero-order valence-corrected chi connectivity index (χ0v) is 13.7. The van der Waals surface area contributed by atoms with Crippen molar-refractivity contribution in [3.05, 3.63) is 71.8 Å². The van der Waals surface area contributed by atoms with Crippen LogP contribution in [0.15, 0.2) is 60.7 Å². The first-order chi connectivity index (χ1) is 12.1. The molecule has 6 heteroatoms. The summed E-state index contributed by atoms with van der Waals surface area (Å²) in [5, 5.41) is 19.4. The molecule has 0 radical (unpaired) electrons.